The van der Waals surface area contributed by atoms with Gasteiger partial charge in [-0.1, -0.05) is 30.3 Å². The number of benzene rings is 2. The Morgan fingerprint density at radius 1 is 1.00 bits per heavy atom. The van der Waals surface area contributed by atoms with Crippen LogP contribution in [0.1, 0.15) is 30.5 Å². The van der Waals surface area contributed by atoms with Crippen LogP contribution in [0, 0.1) is 13.8 Å². The lowest BCUT2D eigenvalue weighted by atomic mass is 10.1. The largest absolute Gasteiger partial charge is 0.491 e. The molecule has 0 amide bonds. The second-order valence-corrected chi connectivity index (χ2v) is 5.43. The second kappa shape index (κ2) is 6.47. The topological polar surface area (TPSA) is 21.3 Å². The van der Waals surface area contributed by atoms with Crippen LogP contribution in [-0.2, 0) is 6.54 Å². The van der Waals surface area contributed by atoms with E-state index in [0.29, 0.717) is 0 Å². The molecule has 0 bridgehead atoms. The minimum absolute atomic E-state index is 0.205. The molecule has 2 aromatic rings. The van der Waals surface area contributed by atoms with Crippen LogP contribution in [0.15, 0.2) is 42.5 Å². The fourth-order valence-corrected chi connectivity index (χ4v) is 2.28. The number of anilines is 1. The summed E-state index contributed by atoms with van der Waals surface area (Å²) >= 11 is 0. The molecule has 0 heterocycles. The van der Waals surface area contributed by atoms with Crippen molar-refractivity contribution in [2.45, 2.75) is 40.3 Å². The predicted molar refractivity (Wildman–Crippen MR) is 85.4 cm³/mol. The van der Waals surface area contributed by atoms with E-state index in [0.717, 1.165) is 12.3 Å². The van der Waals surface area contributed by atoms with Gasteiger partial charge in [0.15, 0.2) is 0 Å². The summed E-state index contributed by atoms with van der Waals surface area (Å²) in [6, 6.07) is 14.6. The van der Waals surface area contributed by atoms with Crippen molar-refractivity contribution in [3.05, 3.63) is 59.2 Å². The summed E-state index contributed by atoms with van der Waals surface area (Å²) in [5.41, 5.74) is 5.01. The number of hydrogen-bond acceptors (Lipinski definition) is 2. The third kappa shape index (κ3) is 3.77. The van der Waals surface area contributed by atoms with Gasteiger partial charge in [-0.15, -0.1) is 0 Å². The minimum Gasteiger partial charge on any atom is -0.491 e. The molecular weight excluding hydrogens is 246 g/mol. The zero-order chi connectivity index (χ0) is 14.5. The van der Waals surface area contributed by atoms with E-state index in [1.807, 2.05) is 26.0 Å². The number of aryl methyl sites for hydroxylation is 2. The van der Waals surface area contributed by atoms with Crippen LogP contribution in [0.5, 0.6) is 5.75 Å². The van der Waals surface area contributed by atoms with Crippen molar-refractivity contribution < 1.29 is 4.74 Å². The van der Waals surface area contributed by atoms with Crippen molar-refractivity contribution in [3.8, 4) is 5.75 Å². The first-order valence-electron chi connectivity index (χ1n) is 7.12. The highest BCUT2D eigenvalue weighted by Gasteiger charge is 2.03. The van der Waals surface area contributed by atoms with Crippen LogP contribution in [-0.4, -0.2) is 6.10 Å². The van der Waals surface area contributed by atoms with Crippen LogP contribution < -0.4 is 10.1 Å². The molecule has 0 aromatic heterocycles. The molecule has 0 aliphatic heterocycles. The van der Waals surface area contributed by atoms with Gasteiger partial charge in [-0.25, -0.2) is 0 Å². The lowest BCUT2D eigenvalue weighted by molar-refractivity contribution is 0.242. The van der Waals surface area contributed by atoms with Gasteiger partial charge in [0, 0.05) is 12.2 Å². The smallest absolute Gasteiger partial charge is 0.120 e. The van der Waals surface area contributed by atoms with Gasteiger partial charge in [0.05, 0.1) is 6.10 Å². The molecule has 0 unspecified atom stereocenters. The fraction of sp³-hybridized carbons (Fsp3) is 0.333. The number of nitrogens with one attached hydrogen (secondary N) is 1. The van der Waals surface area contributed by atoms with Crippen molar-refractivity contribution >= 4 is 5.69 Å². The molecular formula is C18H23NO. The molecule has 2 rings (SSSR count). The minimum atomic E-state index is 0.205. The summed E-state index contributed by atoms with van der Waals surface area (Å²) in [5, 5.41) is 3.52. The molecule has 106 valence electrons. The van der Waals surface area contributed by atoms with E-state index in [2.05, 4.69) is 49.5 Å². The van der Waals surface area contributed by atoms with Gasteiger partial charge >= 0.3 is 0 Å². The van der Waals surface area contributed by atoms with E-state index >= 15 is 0 Å². The summed E-state index contributed by atoms with van der Waals surface area (Å²) in [7, 11) is 0. The molecule has 0 aliphatic rings. The van der Waals surface area contributed by atoms with Gasteiger partial charge in [-0.2, -0.15) is 0 Å². The van der Waals surface area contributed by atoms with Crippen LogP contribution in [0.25, 0.3) is 0 Å². The molecule has 0 fully saturated rings. The van der Waals surface area contributed by atoms with Crippen molar-refractivity contribution in [1.82, 2.24) is 0 Å². The van der Waals surface area contributed by atoms with Gasteiger partial charge in [0.1, 0.15) is 5.75 Å². The molecule has 0 atom stereocenters. The quantitative estimate of drug-likeness (QED) is 0.849. The van der Waals surface area contributed by atoms with Crippen molar-refractivity contribution in [2.24, 2.45) is 0 Å². The molecule has 2 nitrogen and oxygen atoms in total. The molecule has 20 heavy (non-hydrogen) atoms. The Kier molecular flexibility index (Phi) is 4.67. The van der Waals surface area contributed by atoms with E-state index in [1.54, 1.807) is 0 Å². The van der Waals surface area contributed by atoms with Gasteiger partial charge < -0.3 is 10.1 Å². The molecule has 0 saturated carbocycles. The Balaban J connectivity index is 2.07. The molecule has 0 saturated heterocycles. The highest BCUT2D eigenvalue weighted by atomic mass is 16.5. The lowest BCUT2D eigenvalue weighted by Crippen LogP contribution is -2.07. The van der Waals surface area contributed by atoms with Gasteiger partial charge in [0.25, 0.3) is 0 Å². The van der Waals surface area contributed by atoms with Crippen molar-refractivity contribution in [3.63, 3.8) is 0 Å². The summed E-state index contributed by atoms with van der Waals surface area (Å²) in [5.74, 6) is 0.931. The molecule has 1 N–H and O–H groups in total. The van der Waals surface area contributed by atoms with Gasteiger partial charge in [-0.05, 0) is 56.5 Å². The van der Waals surface area contributed by atoms with E-state index in [-0.39, 0.29) is 6.10 Å². The van der Waals surface area contributed by atoms with Crippen LogP contribution in [0.4, 0.5) is 5.69 Å². The third-order valence-electron chi connectivity index (χ3n) is 3.22. The van der Waals surface area contributed by atoms with Gasteiger partial charge in [0.2, 0.25) is 0 Å². The Bertz CT molecular complexity index is 555. The number of hydrogen-bond donors (Lipinski definition) is 1. The van der Waals surface area contributed by atoms with Crippen LogP contribution in [0.2, 0.25) is 0 Å². The van der Waals surface area contributed by atoms with E-state index in [1.165, 1.54) is 22.4 Å². The predicted octanol–water partition coefficient (Wildman–Crippen LogP) is 4.70. The van der Waals surface area contributed by atoms with Crippen LogP contribution >= 0.6 is 0 Å². The first kappa shape index (κ1) is 14.4. The van der Waals surface area contributed by atoms with E-state index in [4.69, 9.17) is 4.74 Å². The molecule has 0 spiro atoms. The van der Waals surface area contributed by atoms with E-state index in [9.17, 15) is 0 Å². The highest BCUT2D eigenvalue weighted by molar-refractivity contribution is 5.56. The van der Waals surface area contributed by atoms with Crippen molar-refractivity contribution in [2.75, 3.05) is 5.32 Å². The Morgan fingerprint density at radius 3 is 2.30 bits per heavy atom. The summed E-state index contributed by atoms with van der Waals surface area (Å²) in [6.07, 6.45) is 0.205. The molecule has 2 heteroatoms. The van der Waals surface area contributed by atoms with Gasteiger partial charge in [-0.3, -0.25) is 0 Å². The monoisotopic (exact) mass is 269 g/mol. The maximum absolute atomic E-state index is 5.73. The molecule has 2 aromatic carbocycles. The highest BCUT2D eigenvalue weighted by Crippen LogP contribution is 2.21. The second-order valence-electron chi connectivity index (χ2n) is 5.43. The Hall–Kier alpha value is -1.96. The van der Waals surface area contributed by atoms with E-state index < -0.39 is 0 Å². The average molecular weight is 269 g/mol. The maximum Gasteiger partial charge on any atom is 0.120 e. The summed E-state index contributed by atoms with van der Waals surface area (Å²) in [4.78, 5) is 0. The fourth-order valence-electron chi connectivity index (χ4n) is 2.28. The third-order valence-corrected chi connectivity index (χ3v) is 3.22. The summed E-state index contributed by atoms with van der Waals surface area (Å²) in [6.45, 7) is 9.16. The zero-order valence-electron chi connectivity index (χ0n) is 12.7. The number of rotatable bonds is 5. The SMILES string of the molecule is Cc1cccc(C)c1NCc1cccc(OC(C)C)c1. The number of para-hydroxylation sites is 1. The Labute approximate surface area is 121 Å². The molecule has 0 aliphatic carbocycles. The Morgan fingerprint density at radius 2 is 1.65 bits per heavy atom. The lowest BCUT2D eigenvalue weighted by Gasteiger charge is -2.14. The average Bonchev–Trinajstić information content (AvgIpc) is 2.38. The van der Waals surface area contributed by atoms with Crippen molar-refractivity contribution in [1.29, 1.82) is 0 Å². The number of ether oxygens (including phenoxy) is 1. The zero-order valence-corrected chi connectivity index (χ0v) is 12.7. The summed E-state index contributed by atoms with van der Waals surface area (Å²) < 4.78 is 5.73. The first-order valence-corrected chi connectivity index (χ1v) is 7.12. The molecule has 0 radical (unpaired) electrons. The standard InChI is InChI=1S/C18H23NO/c1-13(2)20-17-10-6-9-16(11-17)12-19-18-14(3)7-5-8-15(18)4/h5-11,13,19H,12H2,1-4H3. The first-order chi connectivity index (χ1) is 9.56. The maximum atomic E-state index is 5.73. The van der Waals surface area contributed by atoms with Crippen LogP contribution in [0.3, 0.4) is 0 Å². The normalized spacial score (nSPS) is 10.7.